The van der Waals surface area contributed by atoms with Crippen LogP contribution < -0.4 is 0 Å². The molecule has 9 nitrogen and oxygen atoms in total. The summed E-state index contributed by atoms with van der Waals surface area (Å²) in [4.78, 5) is 26.3. The van der Waals surface area contributed by atoms with Crippen LogP contribution in [0.15, 0.2) is 0 Å². The standard InChI is InChI=1S/C29H44F2O9Si/c1-25(30,31)17-37-23(32)27-9-21-6-22(10-27)12-28(11-21,16-27)39-24(33)38-18-26-7-19-5-20(8-26)14-29(13-19,15-26)40-41(34-2,35-3)36-4/h19-22H,5-18H2,1-4H3. The average molecular weight is 603 g/mol. The zero-order valence-corrected chi connectivity index (χ0v) is 25.6. The van der Waals surface area contributed by atoms with Crippen molar-refractivity contribution < 1.29 is 50.3 Å². The molecular weight excluding hydrogens is 558 g/mol. The number of hydrogen-bond acceptors (Lipinski definition) is 9. The predicted octanol–water partition coefficient (Wildman–Crippen LogP) is 5.41. The first-order valence-electron chi connectivity index (χ1n) is 15.0. The number of esters is 1. The molecule has 8 saturated carbocycles. The van der Waals surface area contributed by atoms with Gasteiger partial charge in [0.2, 0.25) is 0 Å². The van der Waals surface area contributed by atoms with Crippen LogP contribution in [0.1, 0.15) is 84.0 Å². The van der Waals surface area contributed by atoms with Gasteiger partial charge in [-0.1, -0.05) is 0 Å². The monoisotopic (exact) mass is 602 g/mol. The molecule has 4 unspecified atom stereocenters. The summed E-state index contributed by atoms with van der Waals surface area (Å²) in [5.74, 6) is -2.33. The van der Waals surface area contributed by atoms with Gasteiger partial charge in [-0.2, -0.15) is 0 Å². The summed E-state index contributed by atoms with van der Waals surface area (Å²) < 4.78 is 67.3. The summed E-state index contributed by atoms with van der Waals surface area (Å²) in [6.45, 7) is 0.0490. The quantitative estimate of drug-likeness (QED) is 0.227. The highest BCUT2D eigenvalue weighted by Gasteiger charge is 2.65. The zero-order valence-electron chi connectivity index (χ0n) is 24.6. The Morgan fingerprint density at radius 1 is 0.780 bits per heavy atom. The largest absolute Gasteiger partial charge is 0.679 e. The fourth-order valence-corrected chi connectivity index (χ4v) is 12.1. The van der Waals surface area contributed by atoms with Gasteiger partial charge in [-0.15, -0.1) is 0 Å². The Labute approximate surface area is 241 Å². The molecule has 0 aliphatic heterocycles. The summed E-state index contributed by atoms with van der Waals surface area (Å²) in [5, 5.41) is 0. The highest BCUT2D eigenvalue weighted by atomic mass is 28.4. The average Bonchev–Trinajstić information content (AvgIpc) is 2.87. The Kier molecular flexibility index (Phi) is 7.32. The van der Waals surface area contributed by atoms with Crippen molar-refractivity contribution in [2.45, 2.75) is 101 Å². The highest BCUT2D eigenvalue weighted by Crippen LogP contribution is 2.65. The zero-order chi connectivity index (χ0) is 29.3. The molecule has 232 valence electrons. The van der Waals surface area contributed by atoms with Crippen LogP contribution in [0.5, 0.6) is 0 Å². The Morgan fingerprint density at radius 3 is 1.85 bits per heavy atom. The van der Waals surface area contributed by atoms with E-state index in [1.54, 1.807) is 21.3 Å². The van der Waals surface area contributed by atoms with Crippen molar-refractivity contribution in [1.82, 2.24) is 0 Å². The fraction of sp³-hybridized carbons (Fsp3) is 0.931. The van der Waals surface area contributed by atoms with Crippen LogP contribution in [-0.4, -0.2) is 72.8 Å². The summed E-state index contributed by atoms with van der Waals surface area (Å²) in [5.41, 5.74) is -2.34. The van der Waals surface area contributed by atoms with Gasteiger partial charge in [0.25, 0.3) is 5.92 Å². The van der Waals surface area contributed by atoms with E-state index in [0.717, 1.165) is 51.9 Å². The second-order valence-electron chi connectivity index (χ2n) is 14.6. The molecule has 0 amide bonds. The van der Waals surface area contributed by atoms with E-state index >= 15 is 0 Å². The lowest BCUT2D eigenvalue weighted by Crippen LogP contribution is -2.63. The molecule has 0 aromatic carbocycles. The third-order valence-corrected chi connectivity index (χ3v) is 13.1. The number of alkyl halides is 2. The molecule has 41 heavy (non-hydrogen) atoms. The normalized spacial score (nSPS) is 42.4. The smallest absolute Gasteiger partial charge is 0.459 e. The van der Waals surface area contributed by atoms with E-state index in [1.165, 1.54) is 0 Å². The predicted molar refractivity (Wildman–Crippen MR) is 142 cm³/mol. The number of carbonyl (C=O) groups is 2. The molecule has 0 spiro atoms. The molecule has 8 fully saturated rings. The van der Waals surface area contributed by atoms with Gasteiger partial charge in [-0.25, -0.2) is 13.6 Å². The third-order valence-electron chi connectivity index (χ3n) is 10.9. The molecule has 0 N–H and O–H groups in total. The Balaban J connectivity index is 1.11. The van der Waals surface area contributed by atoms with Gasteiger partial charge in [0, 0.05) is 40.1 Å². The van der Waals surface area contributed by atoms with Crippen molar-refractivity contribution in [3.63, 3.8) is 0 Å². The first-order valence-corrected chi connectivity index (χ1v) is 16.7. The van der Waals surface area contributed by atoms with Crippen LogP contribution >= 0.6 is 0 Å². The minimum atomic E-state index is -3.27. The summed E-state index contributed by atoms with van der Waals surface area (Å²) in [7, 11) is 1.36. The van der Waals surface area contributed by atoms with Gasteiger partial charge < -0.3 is 31.9 Å². The lowest BCUT2D eigenvalue weighted by molar-refractivity contribution is -0.210. The van der Waals surface area contributed by atoms with Crippen molar-refractivity contribution in [3.05, 3.63) is 0 Å². The van der Waals surface area contributed by atoms with Crippen molar-refractivity contribution in [2.75, 3.05) is 34.5 Å². The van der Waals surface area contributed by atoms with Crippen molar-refractivity contribution in [3.8, 4) is 0 Å². The van der Waals surface area contributed by atoms with E-state index in [4.69, 9.17) is 31.9 Å². The van der Waals surface area contributed by atoms with Crippen LogP contribution in [0.4, 0.5) is 13.6 Å². The highest BCUT2D eigenvalue weighted by molar-refractivity contribution is 6.53. The van der Waals surface area contributed by atoms with Gasteiger partial charge in [0.1, 0.15) is 12.2 Å². The molecule has 8 rings (SSSR count). The molecule has 0 aromatic rings. The maximum absolute atomic E-state index is 13.4. The number of ether oxygens (including phenoxy) is 3. The van der Waals surface area contributed by atoms with E-state index in [1.807, 2.05) is 0 Å². The van der Waals surface area contributed by atoms with Crippen molar-refractivity contribution in [2.24, 2.45) is 34.5 Å². The van der Waals surface area contributed by atoms with Gasteiger partial charge in [-0.05, 0) is 94.3 Å². The molecule has 0 saturated heterocycles. The first-order chi connectivity index (χ1) is 19.3. The van der Waals surface area contributed by atoms with E-state index in [0.29, 0.717) is 43.9 Å². The van der Waals surface area contributed by atoms with Gasteiger partial charge in [-0.3, -0.25) is 4.79 Å². The number of hydrogen-bond donors (Lipinski definition) is 0. The van der Waals surface area contributed by atoms with E-state index < -0.39 is 50.3 Å². The third kappa shape index (κ3) is 5.56. The molecule has 8 aliphatic rings. The second-order valence-corrected chi connectivity index (χ2v) is 17.0. The Hall–Kier alpha value is -1.34. The molecule has 8 bridgehead atoms. The SMILES string of the molecule is CO[Si](OC)(OC)OC12CC3CC(CC(COC(=O)OC45CC6CC(C4)CC(C(=O)OCC(C)(F)F)(C6)C5)(C3)C1)C2. The fourth-order valence-electron chi connectivity index (χ4n) is 10.6. The van der Waals surface area contributed by atoms with Crippen molar-refractivity contribution >= 4 is 21.2 Å². The Bertz CT molecular complexity index is 1010. The number of rotatable bonds is 11. The van der Waals surface area contributed by atoms with Crippen LogP contribution in [0.2, 0.25) is 0 Å². The maximum Gasteiger partial charge on any atom is 0.679 e. The summed E-state index contributed by atoms with van der Waals surface area (Å²) in [6.07, 6.45) is 8.72. The van der Waals surface area contributed by atoms with E-state index in [-0.39, 0.29) is 23.9 Å². The molecule has 0 aromatic heterocycles. The van der Waals surface area contributed by atoms with E-state index in [2.05, 4.69) is 0 Å². The van der Waals surface area contributed by atoms with Gasteiger partial charge in [0.15, 0.2) is 6.61 Å². The molecular formula is C29H44F2O9Si. The number of carbonyl (C=O) groups excluding carboxylic acids is 2. The van der Waals surface area contributed by atoms with Gasteiger partial charge in [0.05, 0.1) is 11.0 Å². The van der Waals surface area contributed by atoms with Gasteiger partial charge >= 0.3 is 21.2 Å². The topological polar surface area (TPSA) is 98.8 Å². The lowest BCUT2D eigenvalue weighted by Gasteiger charge is -2.62. The molecule has 8 aliphatic carbocycles. The lowest BCUT2D eigenvalue weighted by atomic mass is 9.48. The van der Waals surface area contributed by atoms with Crippen molar-refractivity contribution in [1.29, 1.82) is 0 Å². The summed E-state index contributed by atoms with van der Waals surface area (Å²) in [6, 6.07) is 0. The van der Waals surface area contributed by atoms with Crippen LogP contribution in [0, 0.1) is 34.5 Å². The second kappa shape index (κ2) is 10.1. The molecule has 4 atom stereocenters. The Morgan fingerprint density at radius 2 is 1.32 bits per heavy atom. The first kappa shape index (κ1) is 29.7. The number of halogens is 2. The van der Waals surface area contributed by atoms with E-state index in [9.17, 15) is 18.4 Å². The van der Waals surface area contributed by atoms with Crippen LogP contribution in [-0.2, 0) is 36.7 Å². The minimum Gasteiger partial charge on any atom is -0.459 e. The van der Waals surface area contributed by atoms with Crippen LogP contribution in [0.3, 0.4) is 0 Å². The minimum absolute atomic E-state index is 0.200. The summed E-state index contributed by atoms with van der Waals surface area (Å²) >= 11 is 0. The molecule has 12 heteroatoms. The molecule has 0 radical (unpaired) electrons. The maximum atomic E-state index is 13.4. The molecule has 0 heterocycles. The van der Waals surface area contributed by atoms with Crippen LogP contribution in [0.25, 0.3) is 0 Å².